The van der Waals surface area contributed by atoms with Crippen LogP contribution in [0.15, 0.2) is 48.7 Å². The lowest BCUT2D eigenvalue weighted by Crippen LogP contribution is -2.33. The fourth-order valence-corrected chi connectivity index (χ4v) is 3.57. The number of nitrogens with zero attached hydrogens (tertiary/aromatic N) is 2. The number of rotatable bonds is 3. The lowest BCUT2D eigenvalue weighted by atomic mass is 9.89. The first kappa shape index (κ1) is 14.8. The number of hydrogen-bond acceptors (Lipinski definition) is 3. The molecule has 1 aromatic carbocycles. The minimum absolute atomic E-state index is 0.103. The number of carboxylic acids is 1. The van der Waals surface area contributed by atoms with E-state index in [1.54, 1.807) is 6.07 Å². The molecule has 1 saturated heterocycles. The van der Waals surface area contributed by atoms with Crippen LogP contribution in [-0.4, -0.2) is 34.1 Å². The summed E-state index contributed by atoms with van der Waals surface area (Å²) in [6.45, 7) is 1.78. The van der Waals surface area contributed by atoms with Gasteiger partial charge in [0.25, 0.3) is 0 Å². The monoisotopic (exact) mass is 321 g/mol. The van der Waals surface area contributed by atoms with Crippen molar-refractivity contribution < 1.29 is 9.90 Å². The molecule has 0 amide bonds. The second-order valence-electron chi connectivity index (χ2n) is 6.24. The van der Waals surface area contributed by atoms with Crippen LogP contribution in [0.5, 0.6) is 0 Å². The van der Waals surface area contributed by atoms with Crippen LogP contribution < -0.4 is 4.90 Å². The fourth-order valence-electron chi connectivity index (χ4n) is 3.57. The molecule has 1 aliphatic rings. The maximum atomic E-state index is 11.1. The maximum Gasteiger partial charge on any atom is 0.354 e. The fraction of sp³-hybridized carbons (Fsp3) is 0.263. The normalized spacial score (nSPS) is 15.8. The maximum absolute atomic E-state index is 11.1. The predicted molar refractivity (Wildman–Crippen MR) is 93.7 cm³/mol. The largest absolute Gasteiger partial charge is 0.477 e. The van der Waals surface area contributed by atoms with Crippen LogP contribution in [0.3, 0.4) is 0 Å². The van der Waals surface area contributed by atoms with Gasteiger partial charge in [-0.3, -0.25) is 0 Å². The molecule has 5 heteroatoms. The van der Waals surface area contributed by atoms with E-state index in [1.807, 2.05) is 12.1 Å². The first-order chi connectivity index (χ1) is 11.7. The van der Waals surface area contributed by atoms with Crippen LogP contribution >= 0.6 is 0 Å². The zero-order chi connectivity index (χ0) is 16.5. The van der Waals surface area contributed by atoms with E-state index >= 15 is 0 Å². The van der Waals surface area contributed by atoms with Crippen molar-refractivity contribution in [3.8, 4) is 0 Å². The van der Waals surface area contributed by atoms with Crippen molar-refractivity contribution >= 4 is 22.7 Å². The molecule has 5 nitrogen and oxygen atoms in total. The number of aromatic carboxylic acids is 1. The highest BCUT2D eigenvalue weighted by Gasteiger charge is 2.23. The Bertz CT molecular complexity index is 879. The number of fused-ring (bicyclic) bond motifs is 1. The van der Waals surface area contributed by atoms with Gasteiger partial charge in [0, 0.05) is 30.2 Å². The average Bonchev–Trinajstić information content (AvgIpc) is 3.06. The van der Waals surface area contributed by atoms with Gasteiger partial charge in [0.15, 0.2) is 5.69 Å². The molecule has 4 rings (SSSR count). The van der Waals surface area contributed by atoms with E-state index in [9.17, 15) is 4.79 Å². The van der Waals surface area contributed by atoms with E-state index in [-0.39, 0.29) is 5.69 Å². The molecular formula is C19H19N3O2. The van der Waals surface area contributed by atoms with Crippen LogP contribution in [0.1, 0.15) is 34.8 Å². The average molecular weight is 321 g/mol. The Balaban J connectivity index is 1.51. The Hall–Kier alpha value is -2.82. The molecule has 3 heterocycles. The number of nitrogens with one attached hydrogen (secondary N) is 1. The first-order valence-electron chi connectivity index (χ1n) is 8.23. The molecule has 0 atom stereocenters. The molecule has 3 aromatic rings. The number of carbonyl (C=O) groups is 1. The number of aromatic amines is 1. The van der Waals surface area contributed by atoms with Crippen molar-refractivity contribution in [1.82, 2.24) is 9.97 Å². The summed E-state index contributed by atoms with van der Waals surface area (Å²) in [5.74, 6) is 0.304. The molecule has 122 valence electrons. The van der Waals surface area contributed by atoms with Gasteiger partial charge in [0.05, 0.1) is 0 Å². The van der Waals surface area contributed by atoms with E-state index < -0.39 is 5.97 Å². The number of anilines is 1. The van der Waals surface area contributed by atoms with Crippen LogP contribution in [0, 0.1) is 0 Å². The van der Waals surface area contributed by atoms with Gasteiger partial charge in [0.1, 0.15) is 5.82 Å². The Morgan fingerprint density at radius 1 is 1.12 bits per heavy atom. The highest BCUT2D eigenvalue weighted by atomic mass is 16.4. The second kappa shape index (κ2) is 6.00. The van der Waals surface area contributed by atoms with Gasteiger partial charge >= 0.3 is 5.97 Å². The number of carboxylic acid groups (broad SMARTS) is 1. The minimum Gasteiger partial charge on any atom is -0.477 e. The number of benzene rings is 1. The van der Waals surface area contributed by atoms with Crippen LogP contribution in [0.2, 0.25) is 0 Å². The molecule has 0 unspecified atom stereocenters. The van der Waals surface area contributed by atoms with Crippen molar-refractivity contribution in [1.29, 1.82) is 0 Å². The number of piperidine rings is 1. The SMILES string of the molecule is O=C(O)c1cccc(N2CCC(c3c[nH]c4ccccc34)CC2)n1. The van der Waals surface area contributed by atoms with E-state index in [1.165, 1.54) is 22.5 Å². The van der Waals surface area contributed by atoms with Crippen molar-refractivity contribution in [2.75, 3.05) is 18.0 Å². The van der Waals surface area contributed by atoms with Gasteiger partial charge in [-0.15, -0.1) is 0 Å². The molecule has 2 N–H and O–H groups in total. The number of para-hydroxylation sites is 1. The third-order valence-corrected chi connectivity index (χ3v) is 4.83. The molecule has 1 fully saturated rings. The van der Waals surface area contributed by atoms with E-state index in [2.05, 4.69) is 39.3 Å². The molecule has 0 saturated carbocycles. The summed E-state index contributed by atoms with van der Waals surface area (Å²) in [5, 5.41) is 10.4. The molecule has 1 aliphatic heterocycles. The lowest BCUT2D eigenvalue weighted by molar-refractivity contribution is 0.0690. The second-order valence-corrected chi connectivity index (χ2v) is 6.24. The zero-order valence-electron chi connectivity index (χ0n) is 13.3. The summed E-state index contributed by atoms with van der Waals surface area (Å²) >= 11 is 0. The van der Waals surface area contributed by atoms with Crippen LogP contribution in [0.4, 0.5) is 5.82 Å². The van der Waals surface area contributed by atoms with E-state index in [0.717, 1.165) is 31.7 Å². The quantitative estimate of drug-likeness (QED) is 0.772. The summed E-state index contributed by atoms with van der Waals surface area (Å²) in [6.07, 6.45) is 4.22. The third-order valence-electron chi connectivity index (χ3n) is 4.83. The Morgan fingerprint density at radius 3 is 2.71 bits per heavy atom. The number of aromatic nitrogens is 2. The minimum atomic E-state index is -0.981. The summed E-state index contributed by atoms with van der Waals surface area (Å²) in [4.78, 5) is 20.9. The molecule has 2 aromatic heterocycles. The summed E-state index contributed by atoms with van der Waals surface area (Å²) in [7, 11) is 0. The molecule has 0 aliphatic carbocycles. The number of H-pyrrole nitrogens is 1. The summed E-state index contributed by atoms with van der Waals surface area (Å²) in [6, 6.07) is 13.6. The van der Waals surface area contributed by atoms with E-state index in [0.29, 0.717) is 5.92 Å². The third kappa shape index (κ3) is 2.62. The van der Waals surface area contributed by atoms with Crippen LogP contribution in [-0.2, 0) is 0 Å². The van der Waals surface area contributed by atoms with Crippen LogP contribution in [0.25, 0.3) is 10.9 Å². The summed E-state index contributed by atoms with van der Waals surface area (Å²) in [5.41, 5.74) is 2.68. The van der Waals surface area contributed by atoms with Gasteiger partial charge in [-0.1, -0.05) is 24.3 Å². The smallest absolute Gasteiger partial charge is 0.354 e. The number of hydrogen-bond donors (Lipinski definition) is 2. The number of pyridine rings is 1. The standard InChI is InChI=1S/C19H19N3O2/c23-19(24)17-6-3-7-18(21-17)22-10-8-13(9-11-22)15-12-20-16-5-2-1-4-14(15)16/h1-7,12-13,20H,8-11H2,(H,23,24). The van der Waals surface area contributed by atoms with Gasteiger partial charge in [-0.2, -0.15) is 0 Å². The first-order valence-corrected chi connectivity index (χ1v) is 8.23. The zero-order valence-corrected chi connectivity index (χ0v) is 13.3. The molecular weight excluding hydrogens is 302 g/mol. The molecule has 0 spiro atoms. The summed E-state index contributed by atoms with van der Waals surface area (Å²) < 4.78 is 0. The van der Waals surface area contributed by atoms with Crippen molar-refractivity contribution in [3.63, 3.8) is 0 Å². The Labute approximate surface area is 139 Å². The van der Waals surface area contributed by atoms with Gasteiger partial charge in [0.2, 0.25) is 0 Å². The van der Waals surface area contributed by atoms with Crippen molar-refractivity contribution in [3.05, 3.63) is 59.9 Å². The topological polar surface area (TPSA) is 69.2 Å². The predicted octanol–water partition coefficient (Wildman–Crippen LogP) is 3.65. The molecule has 24 heavy (non-hydrogen) atoms. The lowest BCUT2D eigenvalue weighted by Gasteiger charge is -2.32. The highest BCUT2D eigenvalue weighted by molar-refractivity contribution is 5.86. The van der Waals surface area contributed by atoms with Gasteiger partial charge in [-0.25, -0.2) is 9.78 Å². The van der Waals surface area contributed by atoms with Gasteiger partial charge in [-0.05, 0) is 42.5 Å². The Kier molecular flexibility index (Phi) is 3.69. The highest BCUT2D eigenvalue weighted by Crippen LogP contribution is 2.34. The van der Waals surface area contributed by atoms with Crippen molar-refractivity contribution in [2.24, 2.45) is 0 Å². The van der Waals surface area contributed by atoms with E-state index in [4.69, 9.17) is 5.11 Å². The molecule has 0 bridgehead atoms. The van der Waals surface area contributed by atoms with Gasteiger partial charge < -0.3 is 15.0 Å². The molecule has 0 radical (unpaired) electrons. The van der Waals surface area contributed by atoms with Crippen molar-refractivity contribution in [2.45, 2.75) is 18.8 Å². The Morgan fingerprint density at radius 2 is 1.92 bits per heavy atom.